The van der Waals surface area contributed by atoms with E-state index >= 15 is 0 Å². The van der Waals surface area contributed by atoms with Gasteiger partial charge in [0.05, 0.1) is 12.2 Å². The maximum Gasteiger partial charge on any atom is 0.315 e. The molecule has 1 fully saturated rings. The smallest absolute Gasteiger partial charge is 0.315 e. The van der Waals surface area contributed by atoms with Gasteiger partial charge in [-0.2, -0.15) is 0 Å². The Bertz CT molecular complexity index is 453. The predicted octanol–water partition coefficient (Wildman–Crippen LogP) is 2.40. The van der Waals surface area contributed by atoms with Crippen LogP contribution in [0.4, 0.5) is 0 Å². The Morgan fingerprint density at radius 3 is 2.75 bits per heavy atom. The van der Waals surface area contributed by atoms with Crippen LogP contribution in [0, 0.1) is 11.3 Å². The molecule has 112 valence electrons. The highest BCUT2D eigenvalue weighted by atomic mass is 16.5. The van der Waals surface area contributed by atoms with Crippen LogP contribution in [0.1, 0.15) is 52.9 Å². The van der Waals surface area contributed by atoms with Gasteiger partial charge in [0.1, 0.15) is 11.2 Å². The summed E-state index contributed by atoms with van der Waals surface area (Å²) in [6.45, 7) is 5.58. The highest BCUT2D eigenvalue weighted by Crippen LogP contribution is 2.57. The van der Waals surface area contributed by atoms with Gasteiger partial charge in [-0.1, -0.05) is 11.6 Å². The normalized spacial score (nSPS) is 36.8. The number of carbonyl (C=O) groups is 2. The largest absolute Gasteiger partial charge is 0.465 e. The molecule has 0 aromatic carbocycles. The lowest BCUT2D eigenvalue weighted by Gasteiger charge is -2.41. The number of Topliss-reactive ketones (excluding diaryl/α,β-unsaturated/α-hetero) is 1. The van der Waals surface area contributed by atoms with Crippen LogP contribution in [0.25, 0.3) is 0 Å². The maximum atomic E-state index is 12.5. The molecule has 0 aromatic heterocycles. The number of esters is 1. The second-order valence-corrected chi connectivity index (χ2v) is 6.18. The van der Waals surface area contributed by atoms with Crippen molar-refractivity contribution in [3.8, 4) is 0 Å². The van der Waals surface area contributed by atoms with E-state index in [4.69, 9.17) is 4.74 Å². The van der Waals surface area contributed by atoms with Gasteiger partial charge in [0, 0.05) is 5.92 Å². The van der Waals surface area contributed by atoms with Gasteiger partial charge in [-0.25, -0.2) is 0 Å². The molecule has 1 saturated carbocycles. The first-order valence-electron chi connectivity index (χ1n) is 7.43. The van der Waals surface area contributed by atoms with E-state index < -0.39 is 16.9 Å². The van der Waals surface area contributed by atoms with Gasteiger partial charge in [-0.3, -0.25) is 9.59 Å². The van der Waals surface area contributed by atoms with E-state index in [1.165, 1.54) is 12.5 Å². The molecule has 20 heavy (non-hydrogen) atoms. The zero-order valence-corrected chi connectivity index (χ0v) is 12.6. The molecule has 0 radical (unpaired) electrons. The SMILES string of the molecule is CCOC(=O)[C@]12CC=C(C)CC[C@]1(O)[C@@H](C(C)=O)CC2. The molecule has 1 N–H and O–H groups in total. The lowest BCUT2D eigenvalue weighted by molar-refractivity contribution is -0.176. The maximum absolute atomic E-state index is 12.5. The van der Waals surface area contributed by atoms with Crippen molar-refractivity contribution in [1.29, 1.82) is 0 Å². The molecule has 2 rings (SSSR count). The Balaban J connectivity index is 2.46. The molecule has 4 nitrogen and oxygen atoms in total. The number of ketones is 1. The van der Waals surface area contributed by atoms with Crippen molar-refractivity contribution in [2.75, 3.05) is 6.61 Å². The summed E-state index contributed by atoms with van der Waals surface area (Å²) in [5.74, 6) is -0.832. The van der Waals surface area contributed by atoms with Crippen molar-refractivity contribution < 1.29 is 19.4 Å². The van der Waals surface area contributed by atoms with Crippen LogP contribution in [0.5, 0.6) is 0 Å². The zero-order chi connectivity index (χ0) is 15.0. The summed E-state index contributed by atoms with van der Waals surface area (Å²) in [5, 5.41) is 11.2. The monoisotopic (exact) mass is 280 g/mol. The first kappa shape index (κ1) is 15.2. The van der Waals surface area contributed by atoms with Gasteiger partial charge in [-0.15, -0.1) is 0 Å². The Morgan fingerprint density at radius 1 is 1.45 bits per heavy atom. The third kappa shape index (κ3) is 2.10. The minimum absolute atomic E-state index is 0.0294. The number of allylic oxidation sites excluding steroid dienone is 2. The van der Waals surface area contributed by atoms with E-state index in [0.29, 0.717) is 32.3 Å². The molecule has 0 saturated heterocycles. The van der Waals surface area contributed by atoms with E-state index in [-0.39, 0.29) is 11.8 Å². The van der Waals surface area contributed by atoms with Gasteiger partial charge in [0.2, 0.25) is 0 Å². The molecule has 0 amide bonds. The van der Waals surface area contributed by atoms with Crippen LogP contribution < -0.4 is 0 Å². The minimum atomic E-state index is -1.26. The minimum Gasteiger partial charge on any atom is -0.465 e. The molecule has 0 aromatic rings. The van der Waals surface area contributed by atoms with Crippen molar-refractivity contribution in [3.63, 3.8) is 0 Å². The highest BCUT2D eigenvalue weighted by Gasteiger charge is 2.64. The molecule has 2 aliphatic carbocycles. The van der Waals surface area contributed by atoms with E-state index in [9.17, 15) is 14.7 Å². The van der Waals surface area contributed by atoms with Gasteiger partial charge in [0.25, 0.3) is 0 Å². The summed E-state index contributed by atoms with van der Waals surface area (Å²) < 4.78 is 5.23. The number of hydrogen-bond acceptors (Lipinski definition) is 4. The van der Waals surface area contributed by atoms with Crippen LogP contribution in [0.2, 0.25) is 0 Å². The fourth-order valence-corrected chi connectivity index (χ4v) is 3.88. The Morgan fingerprint density at radius 2 is 2.15 bits per heavy atom. The molecular weight excluding hydrogens is 256 g/mol. The first-order valence-corrected chi connectivity index (χ1v) is 7.43. The number of fused-ring (bicyclic) bond motifs is 1. The van der Waals surface area contributed by atoms with E-state index in [0.717, 1.165) is 6.42 Å². The molecule has 0 bridgehead atoms. The third-order valence-electron chi connectivity index (χ3n) is 5.12. The number of hydrogen-bond donors (Lipinski definition) is 1. The highest BCUT2D eigenvalue weighted by molar-refractivity contribution is 5.86. The lowest BCUT2D eigenvalue weighted by atomic mass is 9.67. The summed E-state index contributed by atoms with van der Waals surface area (Å²) in [6, 6.07) is 0. The number of aliphatic hydroxyl groups is 1. The van der Waals surface area contributed by atoms with E-state index in [1.807, 2.05) is 13.0 Å². The molecule has 0 unspecified atom stereocenters. The van der Waals surface area contributed by atoms with Crippen molar-refractivity contribution in [2.24, 2.45) is 11.3 Å². The van der Waals surface area contributed by atoms with Crippen LogP contribution in [0.3, 0.4) is 0 Å². The molecule has 0 aliphatic heterocycles. The second kappa shape index (κ2) is 5.32. The number of rotatable bonds is 3. The van der Waals surface area contributed by atoms with Crippen LogP contribution >= 0.6 is 0 Å². The van der Waals surface area contributed by atoms with Crippen molar-refractivity contribution in [2.45, 2.75) is 58.5 Å². The first-order chi connectivity index (χ1) is 9.37. The fraction of sp³-hybridized carbons (Fsp3) is 0.750. The molecule has 2 aliphatic rings. The van der Waals surface area contributed by atoms with Crippen LogP contribution in [-0.2, 0) is 14.3 Å². The van der Waals surface area contributed by atoms with Crippen molar-refractivity contribution >= 4 is 11.8 Å². The zero-order valence-electron chi connectivity index (χ0n) is 12.6. The quantitative estimate of drug-likeness (QED) is 0.637. The van der Waals surface area contributed by atoms with Gasteiger partial charge < -0.3 is 9.84 Å². The molecule has 4 heteroatoms. The molecular formula is C16H24O4. The predicted molar refractivity (Wildman–Crippen MR) is 75.0 cm³/mol. The molecule has 0 heterocycles. The van der Waals surface area contributed by atoms with Crippen molar-refractivity contribution in [3.05, 3.63) is 11.6 Å². The average molecular weight is 280 g/mol. The summed E-state index contributed by atoms with van der Waals surface area (Å²) in [5.41, 5.74) is -1.05. The lowest BCUT2D eigenvalue weighted by Crippen LogP contribution is -2.54. The summed E-state index contributed by atoms with van der Waals surface area (Å²) in [7, 11) is 0. The summed E-state index contributed by atoms with van der Waals surface area (Å²) >= 11 is 0. The third-order valence-corrected chi connectivity index (χ3v) is 5.12. The Kier molecular flexibility index (Phi) is 4.05. The van der Waals surface area contributed by atoms with Gasteiger partial charge in [-0.05, 0) is 52.9 Å². The standard InChI is InChI=1S/C16H24O4/c1-4-20-14(18)15-8-5-11(2)6-10-16(15,19)13(7-9-15)12(3)17/h5,13,19H,4,6-10H2,1-3H3/t13-,15-,16+/m1/s1. The van der Waals surface area contributed by atoms with Crippen LogP contribution in [0.15, 0.2) is 11.6 Å². The van der Waals surface area contributed by atoms with E-state index in [1.54, 1.807) is 6.92 Å². The summed E-state index contributed by atoms with van der Waals surface area (Å²) in [6.07, 6.45) is 4.77. The molecule has 0 spiro atoms. The fourth-order valence-electron chi connectivity index (χ4n) is 3.88. The Hall–Kier alpha value is -1.16. The van der Waals surface area contributed by atoms with Crippen molar-refractivity contribution in [1.82, 2.24) is 0 Å². The van der Waals surface area contributed by atoms with Gasteiger partial charge in [0.15, 0.2) is 0 Å². The van der Waals surface area contributed by atoms with E-state index in [2.05, 4.69) is 0 Å². The average Bonchev–Trinajstić information content (AvgIpc) is 2.62. The molecule has 3 atom stereocenters. The number of carbonyl (C=O) groups excluding carboxylic acids is 2. The summed E-state index contributed by atoms with van der Waals surface area (Å²) in [4.78, 5) is 24.4. The Labute approximate surface area is 120 Å². The second-order valence-electron chi connectivity index (χ2n) is 6.18. The van der Waals surface area contributed by atoms with Crippen LogP contribution in [-0.4, -0.2) is 29.1 Å². The van der Waals surface area contributed by atoms with Gasteiger partial charge >= 0.3 is 5.97 Å². The number of ether oxygens (including phenoxy) is 1. The topological polar surface area (TPSA) is 63.6 Å².